The van der Waals surface area contributed by atoms with Gasteiger partial charge in [0.15, 0.2) is 0 Å². The molecule has 1 saturated heterocycles. The molecule has 0 N–H and O–H groups in total. The van der Waals surface area contributed by atoms with Crippen LogP contribution < -0.4 is 4.90 Å². The van der Waals surface area contributed by atoms with E-state index in [1.807, 2.05) is 0 Å². The van der Waals surface area contributed by atoms with Crippen LogP contribution in [0.25, 0.3) is 0 Å². The van der Waals surface area contributed by atoms with E-state index in [2.05, 4.69) is 0 Å². The van der Waals surface area contributed by atoms with Crippen LogP contribution in [0.1, 0.15) is 48.9 Å². The van der Waals surface area contributed by atoms with Crippen LogP contribution >= 0.6 is 0 Å². The molecule has 31 heavy (non-hydrogen) atoms. The first-order valence-electron chi connectivity index (χ1n) is 10.4. The molecule has 1 aliphatic heterocycles. The molecule has 11 nitrogen and oxygen atoms in total. The van der Waals surface area contributed by atoms with Crippen LogP contribution in [0.3, 0.4) is 0 Å². The Morgan fingerprint density at radius 3 is 2.23 bits per heavy atom. The Morgan fingerprint density at radius 2 is 1.68 bits per heavy atom. The fraction of sp³-hybridized carbons (Fsp3) is 0.600. The number of nitro groups is 2. The van der Waals surface area contributed by atoms with Crippen molar-refractivity contribution >= 4 is 28.9 Å². The van der Waals surface area contributed by atoms with Crippen molar-refractivity contribution in [2.75, 3.05) is 38.2 Å². The Kier molecular flexibility index (Phi) is 7.03. The highest BCUT2D eigenvalue weighted by Crippen LogP contribution is 2.37. The molecule has 2 fully saturated rings. The molecule has 0 aromatic heterocycles. The van der Waals surface area contributed by atoms with E-state index in [0.717, 1.165) is 44.9 Å². The van der Waals surface area contributed by atoms with Crippen molar-refractivity contribution in [3.05, 3.63) is 37.9 Å². The largest absolute Gasteiger partial charge is 0.465 e. The third kappa shape index (κ3) is 5.09. The predicted molar refractivity (Wildman–Crippen MR) is 111 cm³/mol. The monoisotopic (exact) mass is 434 g/mol. The highest BCUT2D eigenvalue weighted by atomic mass is 16.6. The van der Waals surface area contributed by atoms with Gasteiger partial charge < -0.3 is 14.5 Å². The number of rotatable bonds is 6. The van der Waals surface area contributed by atoms with Gasteiger partial charge in [-0.1, -0.05) is 19.3 Å². The van der Waals surface area contributed by atoms with E-state index in [1.165, 1.54) is 6.42 Å². The van der Waals surface area contributed by atoms with Gasteiger partial charge in [-0.05, 0) is 18.8 Å². The molecule has 1 heterocycles. The first kappa shape index (κ1) is 22.4. The topological polar surface area (TPSA) is 136 Å². The molecule has 11 heteroatoms. The van der Waals surface area contributed by atoms with Gasteiger partial charge in [-0.3, -0.25) is 25.0 Å². The quantitative estimate of drug-likeness (QED) is 0.379. The molecule has 1 saturated carbocycles. The van der Waals surface area contributed by atoms with Crippen molar-refractivity contribution in [3.8, 4) is 0 Å². The SMILES string of the molecule is COC(=O)c1cc([N+](=O)[O-])cc([N+](=O)[O-])c1N1CCN(C(=O)CC2CCCCC2)CC1. The second-order valence-corrected chi connectivity index (χ2v) is 7.94. The first-order chi connectivity index (χ1) is 14.8. The first-order valence-corrected chi connectivity index (χ1v) is 10.4. The van der Waals surface area contributed by atoms with Crippen LogP contribution in [0.2, 0.25) is 0 Å². The molecule has 3 rings (SSSR count). The maximum absolute atomic E-state index is 12.7. The van der Waals surface area contributed by atoms with Crippen molar-refractivity contribution in [2.24, 2.45) is 5.92 Å². The zero-order valence-electron chi connectivity index (χ0n) is 17.4. The summed E-state index contributed by atoms with van der Waals surface area (Å²) in [7, 11) is 1.11. The lowest BCUT2D eigenvalue weighted by atomic mass is 9.86. The van der Waals surface area contributed by atoms with E-state index in [1.54, 1.807) is 9.80 Å². The smallest absolute Gasteiger partial charge is 0.340 e. The number of piperazine rings is 1. The number of non-ortho nitro benzene ring substituents is 1. The summed E-state index contributed by atoms with van der Waals surface area (Å²) in [5.41, 5.74) is -1.33. The molecule has 0 radical (unpaired) electrons. The summed E-state index contributed by atoms with van der Waals surface area (Å²) in [6.07, 6.45) is 6.20. The summed E-state index contributed by atoms with van der Waals surface area (Å²) in [5, 5.41) is 22.8. The Labute approximate surface area is 179 Å². The van der Waals surface area contributed by atoms with E-state index in [4.69, 9.17) is 4.74 Å². The number of carbonyl (C=O) groups is 2. The Hall–Kier alpha value is -3.24. The Morgan fingerprint density at radius 1 is 1.03 bits per heavy atom. The maximum atomic E-state index is 12.7. The number of nitrogens with zero attached hydrogens (tertiary/aromatic N) is 4. The molecule has 1 amide bonds. The average Bonchev–Trinajstić information content (AvgIpc) is 2.78. The lowest BCUT2D eigenvalue weighted by molar-refractivity contribution is -0.393. The second kappa shape index (κ2) is 9.71. The number of nitro benzene ring substituents is 2. The third-order valence-electron chi connectivity index (χ3n) is 6.02. The number of ether oxygens (including phenoxy) is 1. The van der Waals surface area contributed by atoms with Crippen LogP contribution in [0.4, 0.5) is 17.1 Å². The molecular weight excluding hydrogens is 408 g/mol. The normalized spacial score (nSPS) is 17.3. The number of hydrogen-bond acceptors (Lipinski definition) is 8. The zero-order valence-corrected chi connectivity index (χ0v) is 17.4. The molecule has 0 spiro atoms. The minimum absolute atomic E-state index is 0.0122. The van der Waals surface area contributed by atoms with Crippen molar-refractivity contribution in [1.82, 2.24) is 4.90 Å². The summed E-state index contributed by atoms with van der Waals surface area (Å²) in [5.74, 6) is -0.392. The number of amides is 1. The molecule has 1 aromatic rings. The number of carbonyl (C=O) groups excluding carboxylic acids is 2. The summed E-state index contributed by atoms with van der Waals surface area (Å²) >= 11 is 0. The number of methoxy groups -OCH3 is 1. The molecular formula is C20H26N4O7. The van der Waals surface area contributed by atoms with Gasteiger partial charge >= 0.3 is 5.97 Å². The standard InChI is InChI=1S/C20H26N4O7/c1-31-20(26)16-12-15(23(27)28)13-17(24(29)30)19(16)22-9-7-21(8-10-22)18(25)11-14-5-3-2-4-6-14/h12-14H,2-11H2,1H3. The number of benzene rings is 1. The molecule has 1 aromatic carbocycles. The average molecular weight is 434 g/mol. The van der Waals surface area contributed by atoms with Crippen LogP contribution in [0.5, 0.6) is 0 Å². The van der Waals surface area contributed by atoms with Crippen molar-refractivity contribution < 1.29 is 24.2 Å². The van der Waals surface area contributed by atoms with Gasteiger partial charge in [0.1, 0.15) is 5.69 Å². The predicted octanol–water partition coefficient (Wildman–Crippen LogP) is 2.91. The van der Waals surface area contributed by atoms with E-state index in [-0.39, 0.29) is 30.2 Å². The number of esters is 1. The fourth-order valence-electron chi connectivity index (χ4n) is 4.39. The minimum atomic E-state index is -0.891. The van der Waals surface area contributed by atoms with Gasteiger partial charge in [0.05, 0.1) is 28.6 Å². The van der Waals surface area contributed by atoms with Crippen LogP contribution in [0.15, 0.2) is 12.1 Å². The van der Waals surface area contributed by atoms with Crippen LogP contribution in [-0.2, 0) is 9.53 Å². The van der Waals surface area contributed by atoms with Crippen molar-refractivity contribution in [2.45, 2.75) is 38.5 Å². The molecule has 168 valence electrons. The number of hydrogen-bond donors (Lipinski definition) is 0. The number of anilines is 1. The minimum Gasteiger partial charge on any atom is -0.465 e. The van der Waals surface area contributed by atoms with Crippen molar-refractivity contribution in [1.29, 1.82) is 0 Å². The van der Waals surface area contributed by atoms with E-state index >= 15 is 0 Å². The summed E-state index contributed by atoms with van der Waals surface area (Å²) in [6.45, 7) is 1.28. The van der Waals surface area contributed by atoms with Gasteiger partial charge in [-0.2, -0.15) is 0 Å². The van der Waals surface area contributed by atoms with Gasteiger partial charge in [-0.15, -0.1) is 0 Å². The van der Waals surface area contributed by atoms with E-state index in [0.29, 0.717) is 25.4 Å². The Balaban J connectivity index is 1.79. The third-order valence-corrected chi connectivity index (χ3v) is 6.02. The lowest BCUT2D eigenvalue weighted by Gasteiger charge is -2.37. The Bertz CT molecular complexity index is 875. The summed E-state index contributed by atoms with van der Waals surface area (Å²) < 4.78 is 4.71. The van der Waals surface area contributed by atoms with Gasteiger partial charge in [0.25, 0.3) is 11.4 Å². The highest BCUT2D eigenvalue weighted by Gasteiger charge is 2.34. The van der Waals surface area contributed by atoms with Gasteiger partial charge in [0, 0.05) is 38.7 Å². The molecule has 0 bridgehead atoms. The summed E-state index contributed by atoms with van der Waals surface area (Å²) in [4.78, 5) is 49.6. The lowest BCUT2D eigenvalue weighted by Crippen LogP contribution is -2.49. The fourth-order valence-corrected chi connectivity index (χ4v) is 4.39. The van der Waals surface area contributed by atoms with Crippen LogP contribution in [0, 0.1) is 26.1 Å². The van der Waals surface area contributed by atoms with Gasteiger partial charge in [-0.25, -0.2) is 4.79 Å². The molecule has 2 aliphatic rings. The van der Waals surface area contributed by atoms with E-state index in [9.17, 15) is 29.8 Å². The maximum Gasteiger partial charge on any atom is 0.340 e. The zero-order chi connectivity index (χ0) is 22.5. The van der Waals surface area contributed by atoms with Gasteiger partial charge in [0.2, 0.25) is 5.91 Å². The molecule has 1 aliphatic carbocycles. The van der Waals surface area contributed by atoms with Crippen molar-refractivity contribution in [3.63, 3.8) is 0 Å². The molecule has 0 atom stereocenters. The second-order valence-electron chi connectivity index (χ2n) is 7.94. The summed E-state index contributed by atoms with van der Waals surface area (Å²) in [6, 6.07) is 1.84. The van der Waals surface area contributed by atoms with Crippen LogP contribution in [-0.4, -0.2) is 59.9 Å². The highest BCUT2D eigenvalue weighted by molar-refractivity contribution is 5.99. The molecule has 0 unspecified atom stereocenters. The van der Waals surface area contributed by atoms with E-state index < -0.39 is 27.2 Å².